The van der Waals surface area contributed by atoms with Crippen molar-refractivity contribution in [2.75, 3.05) is 6.79 Å². The van der Waals surface area contributed by atoms with Gasteiger partial charge >= 0.3 is 0 Å². The Balaban J connectivity index is 1.29. The molecular weight excluding hydrogens is 320 g/mol. The number of fused-ring (bicyclic) bond motifs is 4. The van der Waals surface area contributed by atoms with Crippen molar-refractivity contribution in [3.05, 3.63) is 35.9 Å². The van der Waals surface area contributed by atoms with Gasteiger partial charge in [-0.15, -0.1) is 0 Å². The first kappa shape index (κ1) is 13.6. The molecule has 0 radical (unpaired) electrons. The zero-order valence-corrected chi connectivity index (χ0v) is 13.4. The van der Waals surface area contributed by atoms with Crippen molar-refractivity contribution in [1.29, 1.82) is 0 Å². The van der Waals surface area contributed by atoms with Gasteiger partial charge in [0.05, 0.1) is 18.1 Å². The number of ether oxygens (including phenoxy) is 2. The first-order valence-corrected chi connectivity index (χ1v) is 8.69. The smallest absolute Gasteiger partial charge is 0.254 e. The number of benzene rings is 1. The van der Waals surface area contributed by atoms with Crippen LogP contribution in [0.5, 0.6) is 11.5 Å². The molecule has 126 valence electrons. The molecule has 2 heterocycles. The maximum atomic E-state index is 12.8. The Morgan fingerprint density at radius 3 is 2.40 bits per heavy atom. The number of imide groups is 1. The summed E-state index contributed by atoms with van der Waals surface area (Å²) in [7, 11) is 0. The predicted molar refractivity (Wildman–Crippen MR) is 86.8 cm³/mol. The van der Waals surface area contributed by atoms with Crippen LogP contribution < -0.4 is 9.47 Å². The number of hydrogen-bond donors (Lipinski definition) is 0. The molecular formula is C19H16N2O4. The summed E-state index contributed by atoms with van der Waals surface area (Å²) < 4.78 is 10.6. The van der Waals surface area contributed by atoms with Crippen LogP contribution in [0.25, 0.3) is 0 Å². The molecule has 6 heteroatoms. The molecule has 2 saturated carbocycles. The van der Waals surface area contributed by atoms with Gasteiger partial charge in [-0.25, -0.2) is 0 Å². The molecule has 3 aliphatic carbocycles. The van der Waals surface area contributed by atoms with Crippen molar-refractivity contribution in [2.24, 2.45) is 34.2 Å². The third-order valence-electron chi connectivity index (χ3n) is 6.55. The molecule has 1 aromatic carbocycles. The van der Waals surface area contributed by atoms with E-state index in [-0.39, 0.29) is 47.7 Å². The van der Waals surface area contributed by atoms with Crippen molar-refractivity contribution in [1.82, 2.24) is 5.01 Å². The van der Waals surface area contributed by atoms with E-state index in [1.165, 1.54) is 0 Å². The summed E-state index contributed by atoms with van der Waals surface area (Å²) in [6.45, 7) is 0.208. The molecule has 6 nitrogen and oxygen atoms in total. The molecule has 1 saturated heterocycles. The van der Waals surface area contributed by atoms with E-state index in [4.69, 9.17) is 9.47 Å². The van der Waals surface area contributed by atoms with Crippen molar-refractivity contribution in [2.45, 2.75) is 12.8 Å². The number of amides is 2. The van der Waals surface area contributed by atoms with E-state index in [1.807, 2.05) is 6.07 Å². The maximum Gasteiger partial charge on any atom is 0.254 e. The van der Waals surface area contributed by atoms with E-state index >= 15 is 0 Å². The number of carbonyl (C=O) groups excluding carboxylic acids is 2. The Morgan fingerprint density at radius 1 is 1.04 bits per heavy atom. The van der Waals surface area contributed by atoms with Crippen LogP contribution in [0, 0.1) is 29.1 Å². The van der Waals surface area contributed by atoms with E-state index in [0.29, 0.717) is 11.5 Å². The summed E-state index contributed by atoms with van der Waals surface area (Å²) in [6.07, 6.45) is 8.15. The molecule has 25 heavy (non-hydrogen) atoms. The highest BCUT2D eigenvalue weighted by molar-refractivity contribution is 6.07. The maximum absolute atomic E-state index is 12.8. The number of hydrazone groups is 1. The zero-order valence-electron chi connectivity index (χ0n) is 13.4. The molecule has 6 rings (SSSR count). The third-order valence-corrected chi connectivity index (χ3v) is 6.55. The zero-order chi connectivity index (χ0) is 16.8. The average Bonchev–Trinajstić information content (AvgIpc) is 2.90. The van der Waals surface area contributed by atoms with Crippen molar-refractivity contribution in [3.8, 4) is 11.5 Å². The van der Waals surface area contributed by atoms with Gasteiger partial charge in [0.25, 0.3) is 11.8 Å². The van der Waals surface area contributed by atoms with E-state index < -0.39 is 0 Å². The highest BCUT2D eigenvalue weighted by Crippen LogP contribution is 2.73. The lowest BCUT2D eigenvalue weighted by Crippen LogP contribution is -2.30. The summed E-state index contributed by atoms with van der Waals surface area (Å²) >= 11 is 0. The van der Waals surface area contributed by atoms with Crippen molar-refractivity contribution >= 4 is 18.0 Å². The SMILES string of the molecule is O=C1[C@@H]2[C@H](C(=O)N1/N=C\c1ccc3c(c1)OCO3)[C@@H]1C=C[C@@H]2C12CC2. The Morgan fingerprint density at radius 2 is 1.72 bits per heavy atom. The molecule has 1 spiro atoms. The lowest BCUT2D eigenvalue weighted by atomic mass is 9.85. The summed E-state index contributed by atoms with van der Waals surface area (Å²) in [5, 5.41) is 5.30. The standard InChI is InChI=1S/C19H16N2O4/c22-17-15-11-2-3-12(19(11)5-6-19)16(15)18(23)21(17)20-8-10-1-4-13-14(7-10)25-9-24-13/h1-4,7-8,11-12,15-16H,5-6,9H2/b20-8-/t11-,12-,15-,16+/m0/s1. The van der Waals surface area contributed by atoms with Crippen LogP contribution >= 0.6 is 0 Å². The lowest BCUT2D eigenvalue weighted by molar-refractivity contribution is -0.141. The molecule has 0 unspecified atom stereocenters. The summed E-state index contributed by atoms with van der Waals surface area (Å²) in [5.41, 5.74) is 0.981. The van der Waals surface area contributed by atoms with Gasteiger partial charge in [-0.1, -0.05) is 12.2 Å². The minimum absolute atomic E-state index is 0.143. The van der Waals surface area contributed by atoms with Gasteiger partial charge in [-0.2, -0.15) is 10.1 Å². The molecule has 5 aliphatic rings. The number of allylic oxidation sites excluding steroid dienone is 2. The van der Waals surface area contributed by atoms with Gasteiger partial charge in [-0.3, -0.25) is 9.59 Å². The fraction of sp³-hybridized carbons (Fsp3) is 0.421. The Kier molecular flexibility index (Phi) is 2.35. The molecule has 0 N–H and O–H groups in total. The third kappa shape index (κ3) is 1.57. The molecule has 4 atom stereocenters. The van der Waals surface area contributed by atoms with Gasteiger partial charge in [-0.05, 0) is 53.9 Å². The van der Waals surface area contributed by atoms with Crippen LogP contribution in [-0.2, 0) is 9.59 Å². The number of carbonyl (C=O) groups is 2. The Labute approximate surface area is 144 Å². The number of nitrogens with zero attached hydrogens (tertiary/aromatic N) is 2. The van der Waals surface area contributed by atoms with Crippen LogP contribution in [0.1, 0.15) is 18.4 Å². The summed E-state index contributed by atoms with van der Waals surface area (Å²) in [6, 6.07) is 5.42. The predicted octanol–water partition coefficient (Wildman–Crippen LogP) is 1.95. The monoisotopic (exact) mass is 336 g/mol. The molecule has 2 aliphatic heterocycles. The molecule has 2 bridgehead atoms. The lowest BCUT2D eigenvalue weighted by Gasteiger charge is -2.18. The van der Waals surface area contributed by atoms with Crippen LogP contribution in [0.2, 0.25) is 0 Å². The molecule has 0 aromatic heterocycles. The molecule has 3 fully saturated rings. The molecule has 2 amide bonds. The minimum Gasteiger partial charge on any atom is -0.454 e. The van der Waals surface area contributed by atoms with E-state index in [2.05, 4.69) is 17.3 Å². The average molecular weight is 336 g/mol. The Bertz CT molecular complexity index is 851. The van der Waals surface area contributed by atoms with E-state index in [1.54, 1.807) is 18.3 Å². The minimum atomic E-state index is -0.209. The van der Waals surface area contributed by atoms with Gasteiger partial charge in [0, 0.05) is 0 Å². The second-order valence-electron chi connectivity index (χ2n) is 7.57. The van der Waals surface area contributed by atoms with Gasteiger partial charge in [0.2, 0.25) is 6.79 Å². The van der Waals surface area contributed by atoms with E-state index in [0.717, 1.165) is 23.4 Å². The number of rotatable bonds is 2. The Hall–Kier alpha value is -2.63. The topological polar surface area (TPSA) is 68.2 Å². The highest BCUT2D eigenvalue weighted by atomic mass is 16.7. The van der Waals surface area contributed by atoms with Gasteiger partial charge in [0.15, 0.2) is 11.5 Å². The summed E-state index contributed by atoms with van der Waals surface area (Å²) in [5.74, 6) is 1.09. The molecule has 1 aromatic rings. The van der Waals surface area contributed by atoms with E-state index in [9.17, 15) is 9.59 Å². The first-order chi connectivity index (χ1) is 12.2. The van der Waals surface area contributed by atoms with Crippen LogP contribution in [0.3, 0.4) is 0 Å². The number of hydrogen-bond acceptors (Lipinski definition) is 5. The second-order valence-corrected chi connectivity index (χ2v) is 7.57. The van der Waals surface area contributed by atoms with Crippen molar-refractivity contribution < 1.29 is 19.1 Å². The first-order valence-electron chi connectivity index (χ1n) is 8.69. The fourth-order valence-corrected chi connectivity index (χ4v) is 5.29. The van der Waals surface area contributed by atoms with Crippen LogP contribution in [0.4, 0.5) is 0 Å². The van der Waals surface area contributed by atoms with Gasteiger partial charge in [0.1, 0.15) is 0 Å². The normalized spacial score (nSPS) is 35.4. The second kappa shape index (κ2) is 4.31. The quantitative estimate of drug-likeness (QED) is 0.470. The van der Waals surface area contributed by atoms with Crippen LogP contribution in [-0.4, -0.2) is 29.8 Å². The fourth-order valence-electron chi connectivity index (χ4n) is 5.29. The van der Waals surface area contributed by atoms with Crippen molar-refractivity contribution in [3.63, 3.8) is 0 Å². The van der Waals surface area contributed by atoms with Crippen LogP contribution in [0.15, 0.2) is 35.5 Å². The largest absolute Gasteiger partial charge is 0.454 e. The highest BCUT2D eigenvalue weighted by Gasteiger charge is 2.73. The van der Waals surface area contributed by atoms with Gasteiger partial charge < -0.3 is 9.47 Å². The summed E-state index contributed by atoms with van der Waals surface area (Å²) in [4.78, 5) is 25.6.